The number of hydrogen-bond donors (Lipinski definition) is 1. The minimum Gasteiger partial charge on any atom is -0.477 e. The van der Waals surface area contributed by atoms with E-state index < -0.39 is 5.97 Å². The maximum Gasteiger partial charge on any atom is 0.354 e. The Morgan fingerprint density at radius 1 is 1.56 bits per heavy atom. The second-order valence-corrected chi connectivity index (χ2v) is 4.41. The van der Waals surface area contributed by atoms with Gasteiger partial charge in [-0.25, -0.2) is 9.78 Å². The average molecular weight is 252 g/mol. The number of carbonyl (C=O) groups is 1. The molecule has 100 valence electrons. The first kappa shape index (κ1) is 14.6. The highest BCUT2D eigenvalue weighted by Crippen LogP contribution is 2.09. The van der Waals surface area contributed by atoms with Gasteiger partial charge in [-0.1, -0.05) is 0 Å². The van der Waals surface area contributed by atoms with Crippen LogP contribution in [0.15, 0.2) is 18.3 Å². The summed E-state index contributed by atoms with van der Waals surface area (Å²) in [5.74, 6) is -0.996. The van der Waals surface area contributed by atoms with Gasteiger partial charge in [-0.3, -0.25) is 4.90 Å². The molecule has 5 nitrogen and oxygen atoms in total. The summed E-state index contributed by atoms with van der Waals surface area (Å²) in [6, 6.07) is 3.83. The van der Waals surface area contributed by atoms with Crippen molar-refractivity contribution in [2.45, 2.75) is 26.4 Å². The van der Waals surface area contributed by atoms with Crippen molar-refractivity contribution in [1.82, 2.24) is 9.88 Å². The van der Waals surface area contributed by atoms with E-state index >= 15 is 0 Å². The summed E-state index contributed by atoms with van der Waals surface area (Å²) in [5, 5.41) is 8.90. The molecular formula is C13H20N2O3. The molecule has 0 saturated carbocycles. The van der Waals surface area contributed by atoms with Crippen LogP contribution in [0.4, 0.5) is 0 Å². The molecule has 0 fully saturated rings. The Morgan fingerprint density at radius 2 is 2.28 bits per heavy atom. The van der Waals surface area contributed by atoms with Gasteiger partial charge in [0.25, 0.3) is 0 Å². The summed E-state index contributed by atoms with van der Waals surface area (Å²) >= 11 is 0. The fraction of sp³-hybridized carbons (Fsp3) is 0.538. The van der Waals surface area contributed by atoms with Gasteiger partial charge in [0.15, 0.2) is 0 Å². The van der Waals surface area contributed by atoms with Crippen LogP contribution in [0.2, 0.25) is 0 Å². The first-order valence-corrected chi connectivity index (χ1v) is 5.95. The number of hydrogen-bond acceptors (Lipinski definition) is 4. The Hall–Kier alpha value is -1.46. The van der Waals surface area contributed by atoms with E-state index in [4.69, 9.17) is 9.84 Å². The number of pyridine rings is 1. The molecular weight excluding hydrogens is 232 g/mol. The molecule has 5 heteroatoms. The number of carboxylic acid groups (broad SMARTS) is 1. The number of aromatic carboxylic acids is 1. The molecule has 1 aromatic rings. The van der Waals surface area contributed by atoms with E-state index in [1.807, 2.05) is 6.07 Å². The van der Waals surface area contributed by atoms with Crippen LogP contribution >= 0.6 is 0 Å². The van der Waals surface area contributed by atoms with Gasteiger partial charge in [0.1, 0.15) is 5.69 Å². The van der Waals surface area contributed by atoms with E-state index in [1.54, 1.807) is 13.2 Å². The number of aromatic nitrogens is 1. The Bertz CT molecular complexity index is 394. The molecule has 1 aromatic heterocycles. The maximum atomic E-state index is 10.8. The van der Waals surface area contributed by atoms with Crippen molar-refractivity contribution in [3.05, 3.63) is 29.6 Å². The third-order valence-corrected chi connectivity index (χ3v) is 2.74. The zero-order valence-corrected chi connectivity index (χ0v) is 11.1. The first-order chi connectivity index (χ1) is 8.54. The van der Waals surface area contributed by atoms with Gasteiger partial charge >= 0.3 is 5.97 Å². The minimum atomic E-state index is -0.996. The highest BCUT2D eigenvalue weighted by atomic mass is 16.5. The Kier molecular flexibility index (Phi) is 5.74. The summed E-state index contributed by atoms with van der Waals surface area (Å²) in [4.78, 5) is 16.9. The molecule has 18 heavy (non-hydrogen) atoms. The molecule has 0 unspecified atom stereocenters. The summed E-state index contributed by atoms with van der Waals surface area (Å²) in [5.41, 5.74) is 1.04. The van der Waals surface area contributed by atoms with Crippen molar-refractivity contribution in [3.8, 4) is 0 Å². The average Bonchev–Trinajstić information content (AvgIpc) is 2.34. The Morgan fingerprint density at radius 3 is 2.83 bits per heavy atom. The molecule has 0 spiro atoms. The molecule has 0 saturated heterocycles. The van der Waals surface area contributed by atoms with Gasteiger partial charge in [-0.05, 0) is 31.5 Å². The van der Waals surface area contributed by atoms with Crippen LogP contribution in [0.5, 0.6) is 0 Å². The van der Waals surface area contributed by atoms with Gasteiger partial charge in [-0.2, -0.15) is 0 Å². The monoisotopic (exact) mass is 252 g/mol. The number of methoxy groups -OCH3 is 1. The van der Waals surface area contributed by atoms with Crippen LogP contribution in [0.3, 0.4) is 0 Å². The van der Waals surface area contributed by atoms with Crippen LogP contribution < -0.4 is 0 Å². The van der Waals surface area contributed by atoms with Crippen molar-refractivity contribution in [3.63, 3.8) is 0 Å². The lowest BCUT2D eigenvalue weighted by molar-refractivity contribution is 0.0690. The van der Waals surface area contributed by atoms with Crippen molar-refractivity contribution in [1.29, 1.82) is 0 Å². The Labute approximate surface area is 107 Å². The summed E-state index contributed by atoms with van der Waals surface area (Å²) < 4.78 is 5.07. The topological polar surface area (TPSA) is 62.7 Å². The predicted octanol–water partition coefficient (Wildman–Crippen LogP) is 1.64. The standard InChI is InChI=1S/C13H20N2O3/c1-10(2)15(6-7-18-3)9-11-4-5-14-12(8-11)13(16)17/h4-5,8,10H,6-7,9H2,1-3H3,(H,16,17). The fourth-order valence-corrected chi connectivity index (χ4v) is 1.65. The number of ether oxygens (including phenoxy) is 1. The largest absolute Gasteiger partial charge is 0.477 e. The first-order valence-electron chi connectivity index (χ1n) is 5.95. The highest BCUT2D eigenvalue weighted by Gasteiger charge is 2.11. The van der Waals surface area contributed by atoms with Crippen LogP contribution in [0.25, 0.3) is 0 Å². The van der Waals surface area contributed by atoms with E-state index in [2.05, 4.69) is 23.7 Å². The van der Waals surface area contributed by atoms with E-state index in [9.17, 15) is 4.79 Å². The number of nitrogens with zero attached hydrogens (tertiary/aromatic N) is 2. The molecule has 1 heterocycles. The van der Waals surface area contributed by atoms with Crippen LogP contribution in [0.1, 0.15) is 29.9 Å². The quantitative estimate of drug-likeness (QED) is 0.799. The smallest absolute Gasteiger partial charge is 0.354 e. The van der Waals surface area contributed by atoms with Gasteiger partial charge in [0.05, 0.1) is 6.61 Å². The number of carboxylic acids is 1. The van der Waals surface area contributed by atoms with Crippen LogP contribution in [-0.4, -0.2) is 47.3 Å². The third kappa shape index (κ3) is 4.43. The third-order valence-electron chi connectivity index (χ3n) is 2.74. The van der Waals surface area contributed by atoms with Crippen molar-refractivity contribution in [2.75, 3.05) is 20.3 Å². The van der Waals surface area contributed by atoms with Gasteiger partial charge in [0.2, 0.25) is 0 Å². The van der Waals surface area contributed by atoms with Gasteiger partial charge in [-0.15, -0.1) is 0 Å². The SMILES string of the molecule is COCCN(Cc1ccnc(C(=O)O)c1)C(C)C. The molecule has 0 aliphatic rings. The predicted molar refractivity (Wildman–Crippen MR) is 68.6 cm³/mol. The summed E-state index contributed by atoms with van der Waals surface area (Å²) in [6.45, 7) is 6.39. The van der Waals surface area contributed by atoms with E-state index in [0.29, 0.717) is 19.2 Å². The zero-order valence-electron chi connectivity index (χ0n) is 11.1. The molecule has 1 rings (SSSR count). The van der Waals surface area contributed by atoms with Crippen molar-refractivity contribution < 1.29 is 14.6 Å². The number of rotatable bonds is 7. The lowest BCUT2D eigenvalue weighted by Crippen LogP contribution is -2.33. The summed E-state index contributed by atoms with van der Waals surface area (Å²) in [7, 11) is 1.67. The molecule has 0 radical (unpaired) electrons. The molecule has 0 aromatic carbocycles. The van der Waals surface area contributed by atoms with Crippen molar-refractivity contribution in [2.24, 2.45) is 0 Å². The van der Waals surface area contributed by atoms with Crippen LogP contribution in [-0.2, 0) is 11.3 Å². The second-order valence-electron chi connectivity index (χ2n) is 4.41. The van der Waals surface area contributed by atoms with Gasteiger partial charge < -0.3 is 9.84 Å². The zero-order chi connectivity index (χ0) is 13.5. The highest BCUT2D eigenvalue weighted by molar-refractivity contribution is 5.85. The van der Waals surface area contributed by atoms with E-state index in [0.717, 1.165) is 12.1 Å². The molecule has 0 amide bonds. The van der Waals surface area contributed by atoms with Gasteiger partial charge in [0, 0.05) is 32.4 Å². The lowest BCUT2D eigenvalue weighted by Gasteiger charge is -2.26. The normalized spacial score (nSPS) is 11.2. The van der Waals surface area contributed by atoms with Crippen LogP contribution in [0, 0.1) is 0 Å². The molecule has 0 aliphatic heterocycles. The molecule has 0 atom stereocenters. The molecule has 0 bridgehead atoms. The molecule has 0 aliphatic carbocycles. The fourth-order valence-electron chi connectivity index (χ4n) is 1.65. The Balaban J connectivity index is 2.73. The summed E-state index contributed by atoms with van der Waals surface area (Å²) in [6.07, 6.45) is 1.54. The minimum absolute atomic E-state index is 0.0861. The van der Waals surface area contributed by atoms with Crippen molar-refractivity contribution >= 4 is 5.97 Å². The lowest BCUT2D eigenvalue weighted by atomic mass is 10.2. The second kappa shape index (κ2) is 7.08. The van der Waals surface area contributed by atoms with E-state index in [-0.39, 0.29) is 5.69 Å². The maximum absolute atomic E-state index is 10.8. The molecule has 1 N–H and O–H groups in total. The van der Waals surface area contributed by atoms with E-state index in [1.165, 1.54) is 6.20 Å².